The summed E-state index contributed by atoms with van der Waals surface area (Å²) in [5.41, 5.74) is -0.0186. The van der Waals surface area contributed by atoms with E-state index in [0.717, 1.165) is 19.2 Å². The molecule has 162 valence electrons. The SMILES string of the molecule is COc1ccc(N2C(=O)CCS2(=O)=O)cc1S(=O)(=O)NC[C@H](C)N1CCOCC1. The molecule has 2 aliphatic heterocycles. The highest BCUT2D eigenvalue weighted by atomic mass is 32.2. The Labute approximate surface area is 170 Å². The summed E-state index contributed by atoms with van der Waals surface area (Å²) in [5, 5.41) is 0. The lowest BCUT2D eigenvalue weighted by molar-refractivity contribution is -0.116. The molecular formula is C17H25N3O7S2. The third-order valence-corrected chi connectivity index (χ3v) is 8.12. The van der Waals surface area contributed by atoms with Crippen molar-refractivity contribution in [2.45, 2.75) is 24.3 Å². The molecule has 2 heterocycles. The van der Waals surface area contributed by atoms with Crippen LogP contribution in [-0.2, 0) is 29.6 Å². The molecule has 3 rings (SSSR count). The third-order valence-electron chi connectivity index (χ3n) is 4.99. The predicted molar refractivity (Wildman–Crippen MR) is 106 cm³/mol. The molecule has 0 aromatic heterocycles. The molecule has 12 heteroatoms. The minimum atomic E-state index is -4.01. The standard InChI is InChI=1S/C17H25N3O7S2/c1-13(19-6-8-27-9-7-19)12-18-29(24,25)16-11-14(3-4-15(16)26-2)20-17(21)5-10-28(20,22)23/h3-4,11,13,18H,5-10,12H2,1-2H3/t13-/m0/s1. The van der Waals surface area contributed by atoms with Crippen LogP contribution in [0.2, 0.25) is 0 Å². The van der Waals surface area contributed by atoms with E-state index in [9.17, 15) is 21.6 Å². The Bertz CT molecular complexity index is 973. The van der Waals surface area contributed by atoms with Crippen molar-refractivity contribution in [3.63, 3.8) is 0 Å². The largest absolute Gasteiger partial charge is 0.495 e. The Morgan fingerprint density at radius 3 is 2.55 bits per heavy atom. The first kappa shape index (κ1) is 22.0. The average Bonchev–Trinajstić information content (AvgIpc) is 2.98. The number of nitrogens with zero attached hydrogens (tertiary/aromatic N) is 2. The summed E-state index contributed by atoms with van der Waals surface area (Å²) in [6.45, 7) is 4.72. The van der Waals surface area contributed by atoms with Gasteiger partial charge in [-0.05, 0) is 25.1 Å². The van der Waals surface area contributed by atoms with E-state index in [-0.39, 0.29) is 41.1 Å². The minimum absolute atomic E-state index is 0.0186. The fraction of sp³-hybridized carbons (Fsp3) is 0.588. The van der Waals surface area contributed by atoms with Crippen LogP contribution in [0.25, 0.3) is 0 Å². The van der Waals surface area contributed by atoms with Crippen molar-refractivity contribution in [1.29, 1.82) is 0 Å². The van der Waals surface area contributed by atoms with Crippen LogP contribution >= 0.6 is 0 Å². The van der Waals surface area contributed by atoms with Crippen molar-refractivity contribution in [3.8, 4) is 5.75 Å². The minimum Gasteiger partial charge on any atom is -0.495 e. The van der Waals surface area contributed by atoms with E-state index in [4.69, 9.17) is 9.47 Å². The summed E-state index contributed by atoms with van der Waals surface area (Å²) in [6, 6.07) is 3.80. The lowest BCUT2D eigenvalue weighted by atomic mass is 10.2. The highest BCUT2D eigenvalue weighted by molar-refractivity contribution is 7.94. The fourth-order valence-electron chi connectivity index (χ4n) is 3.33. The molecule has 1 atom stereocenters. The van der Waals surface area contributed by atoms with Gasteiger partial charge in [0.25, 0.3) is 0 Å². The molecule has 2 fully saturated rings. The molecule has 0 radical (unpaired) electrons. The van der Waals surface area contributed by atoms with Gasteiger partial charge in [0.05, 0.1) is 31.8 Å². The van der Waals surface area contributed by atoms with Gasteiger partial charge in [0.15, 0.2) is 0 Å². The molecule has 0 aliphatic carbocycles. The van der Waals surface area contributed by atoms with Crippen molar-refractivity contribution in [2.75, 3.05) is 50.0 Å². The number of anilines is 1. The molecular weight excluding hydrogens is 422 g/mol. The Kier molecular flexibility index (Phi) is 6.48. The number of carbonyl (C=O) groups excluding carboxylic acids is 1. The van der Waals surface area contributed by atoms with Crippen LogP contribution in [0.5, 0.6) is 5.75 Å². The van der Waals surface area contributed by atoms with Crippen LogP contribution in [0, 0.1) is 0 Å². The Morgan fingerprint density at radius 2 is 1.97 bits per heavy atom. The first-order valence-electron chi connectivity index (χ1n) is 9.21. The van der Waals surface area contributed by atoms with E-state index in [1.54, 1.807) is 0 Å². The smallest absolute Gasteiger partial charge is 0.244 e. The Morgan fingerprint density at radius 1 is 1.28 bits per heavy atom. The fourth-order valence-corrected chi connectivity index (χ4v) is 6.09. The number of morpholine rings is 1. The maximum absolute atomic E-state index is 12.9. The summed E-state index contributed by atoms with van der Waals surface area (Å²) in [5.74, 6) is -0.827. The molecule has 1 aromatic rings. The molecule has 0 unspecified atom stereocenters. The zero-order valence-electron chi connectivity index (χ0n) is 16.3. The maximum atomic E-state index is 12.9. The van der Waals surface area contributed by atoms with Crippen molar-refractivity contribution in [2.24, 2.45) is 0 Å². The highest BCUT2D eigenvalue weighted by Gasteiger charge is 2.37. The second kappa shape index (κ2) is 8.56. The monoisotopic (exact) mass is 447 g/mol. The zero-order chi connectivity index (χ0) is 21.2. The highest BCUT2D eigenvalue weighted by Crippen LogP contribution is 2.32. The molecule has 0 saturated carbocycles. The van der Waals surface area contributed by atoms with Gasteiger partial charge in [-0.25, -0.2) is 25.9 Å². The van der Waals surface area contributed by atoms with E-state index in [1.807, 2.05) is 6.92 Å². The van der Waals surface area contributed by atoms with Gasteiger partial charge in [-0.1, -0.05) is 0 Å². The molecule has 10 nitrogen and oxygen atoms in total. The van der Waals surface area contributed by atoms with Crippen LogP contribution in [0.3, 0.4) is 0 Å². The Balaban J connectivity index is 1.84. The zero-order valence-corrected chi connectivity index (χ0v) is 18.0. The van der Waals surface area contributed by atoms with Crippen molar-refractivity contribution >= 4 is 31.6 Å². The molecule has 29 heavy (non-hydrogen) atoms. The molecule has 1 N–H and O–H groups in total. The first-order chi connectivity index (χ1) is 13.7. The van der Waals surface area contributed by atoms with E-state index in [2.05, 4.69) is 9.62 Å². The van der Waals surface area contributed by atoms with Gasteiger partial charge < -0.3 is 9.47 Å². The molecule has 2 aliphatic rings. The summed E-state index contributed by atoms with van der Waals surface area (Å²) < 4.78 is 63.9. The number of amides is 1. The molecule has 0 bridgehead atoms. The topological polar surface area (TPSA) is 122 Å². The Hall–Kier alpha value is -1.73. The quantitative estimate of drug-likeness (QED) is 0.608. The first-order valence-corrected chi connectivity index (χ1v) is 12.3. The lowest BCUT2D eigenvalue weighted by Crippen LogP contribution is -2.47. The van der Waals surface area contributed by atoms with Gasteiger partial charge in [-0.15, -0.1) is 0 Å². The second-order valence-electron chi connectivity index (χ2n) is 6.91. The number of benzene rings is 1. The summed E-state index contributed by atoms with van der Waals surface area (Å²) in [6.07, 6.45) is -0.133. The molecule has 1 aromatic carbocycles. The summed E-state index contributed by atoms with van der Waals surface area (Å²) >= 11 is 0. The van der Waals surface area contributed by atoms with Crippen molar-refractivity contribution < 1.29 is 31.1 Å². The van der Waals surface area contributed by atoms with Crippen molar-refractivity contribution in [3.05, 3.63) is 18.2 Å². The summed E-state index contributed by atoms with van der Waals surface area (Å²) in [4.78, 5) is 13.9. The third kappa shape index (κ3) is 4.72. The number of hydrogen-bond donors (Lipinski definition) is 1. The lowest BCUT2D eigenvalue weighted by Gasteiger charge is -2.32. The maximum Gasteiger partial charge on any atom is 0.244 e. The number of ether oxygens (including phenoxy) is 2. The number of methoxy groups -OCH3 is 1. The van der Waals surface area contributed by atoms with Gasteiger partial charge in [0.1, 0.15) is 10.6 Å². The summed E-state index contributed by atoms with van der Waals surface area (Å²) in [7, 11) is -6.49. The normalized spacial score (nSPS) is 21.3. The number of hydrogen-bond acceptors (Lipinski definition) is 8. The van der Waals surface area contributed by atoms with Crippen LogP contribution < -0.4 is 13.8 Å². The van der Waals surface area contributed by atoms with Gasteiger partial charge in [-0.2, -0.15) is 0 Å². The number of rotatable bonds is 7. The van der Waals surface area contributed by atoms with Gasteiger partial charge in [0.2, 0.25) is 26.0 Å². The predicted octanol–water partition coefficient (Wildman–Crippen LogP) is -0.239. The van der Waals surface area contributed by atoms with Crippen molar-refractivity contribution in [1.82, 2.24) is 9.62 Å². The van der Waals surface area contributed by atoms with E-state index in [0.29, 0.717) is 17.5 Å². The molecule has 1 amide bonds. The van der Waals surface area contributed by atoms with Gasteiger partial charge >= 0.3 is 0 Å². The van der Waals surface area contributed by atoms with E-state index >= 15 is 0 Å². The molecule has 0 spiro atoms. The number of carbonyl (C=O) groups is 1. The number of sulfonamides is 2. The van der Waals surface area contributed by atoms with Crippen LogP contribution in [0.15, 0.2) is 23.1 Å². The molecule has 2 saturated heterocycles. The van der Waals surface area contributed by atoms with Crippen LogP contribution in [0.1, 0.15) is 13.3 Å². The van der Waals surface area contributed by atoms with Gasteiger partial charge in [-0.3, -0.25) is 9.69 Å². The van der Waals surface area contributed by atoms with Crippen LogP contribution in [0.4, 0.5) is 5.69 Å². The van der Waals surface area contributed by atoms with Crippen LogP contribution in [-0.4, -0.2) is 79.4 Å². The second-order valence-corrected chi connectivity index (χ2v) is 10.6. The number of nitrogens with one attached hydrogen (secondary N) is 1. The average molecular weight is 448 g/mol. The van der Waals surface area contributed by atoms with E-state index in [1.165, 1.54) is 19.2 Å². The van der Waals surface area contributed by atoms with E-state index < -0.39 is 26.0 Å². The van der Waals surface area contributed by atoms with Gasteiger partial charge in [0, 0.05) is 32.1 Å².